The molecule has 3 rings (SSSR count). The number of pyridine rings is 1. The Balaban J connectivity index is 0.000000206. The van der Waals surface area contributed by atoms with Gasteiger partial charge in [0.05, 0.1) is 18.6 Å². The van der Waals surface area contributed by atoms with Crippen LogP contribution in [0.2, 0.25) is 5.02 Å². The molecule has 0 aromatic carbocycles. The second-order valence-corrected chi connectivity index (χ2v) is 8.11. The Kier molecular flexibility index (Phi) is 8.62. The first-order valence-corrected chi connectivity index (χ1v) is 10.2. The average Bonchev–Trinajstić information content (AvgIpc) is 3.28. The Labute approximate surface area is 177 Å². The molecule has 27 heavy (non-hydrogen) atoms. The zero-order valence-electron chi connectivity index (χ0n) is 14.6. The Morgan fingerprint density at radius 1 is 1.44 bits per heavy atom. The number of carbonyl (C=O) groups is 1. The summed E-state index contributed by atoms with van der Waals surface area (Å²) >= 11 is 15.8. The van der Waals surface area contributed by atoms with Gasteiger partial charge in [-0.05, 0) is 12.8 Å². The Hall–Kier alpha value is -1.55. The number of esters is 1. The lowest BCUT2D eigenvalue weighted by atomic mass is 10.3. The first-order valence-electron chi connectivity index (χ1n) is 8.15. The number of aromatic nitrogens is 1. The van der Waals surface area contributed by atoms with Crippen LogP contribution in [-0.2, 0) is 28.6 Å². The zero-order valence-corrected chi connectivity index (χ0v) is 17.8. The minimum atomic E-state index is -0.559. The minimum absolute atomic E-state index is 0.0109. The van der Waals surface area contributed by atoms with Crippen LogP contribution in [0.25, 0.3) is 0 Å². The Morgan fingerprint density at radius 3 is 2.63 bits per heavy atom. The van der Waals surface area contributed by atoms with Gasteiger partial charge in [-0.1, -0.05) is 15.9 Å². The van der Waals surface area contributed by atoms with E-state index in [0.29, 0.717) is 4.88 Å². The van der Waals surface area contributed by atoms with Gasteiger partial charge < -0.3 is 39.8 Å². The first kappa shape index (κ1) is 21.7. The van der Waals surface area contributed by atoms with E-state index in [9.17, 15) is 9.18 Å². The third kappa shape index (κ3) is 6.53. The molecule has 2 N–H and O–H groups in total. The normalized spacial score (nSPS) is 12.9. The van der Waals surface area contributed by atoms with Crippen LogP contribution >= 0.6 is 35.2 Å². The predicted molar refractivity (Wildman–Crippen MR) is 113 cm³/mol. The predicted octanol–water partition coefficient (Wildman–Crippen LogP) is 3.60. The number of aromatic amines is 1. The summed E-state index contributed by atoms with van der Waals surface area (Å²) < 4.78 is 17.8. The van der Waals surface area contributed by atoms with Crippen LogP contribution in [0.15, 0.2) is 24.5 Å². The van der Waals surface area contributed by atoms with E-state index >= 15 is 0 Å². The van der Waals surface area contributed by atoms with Crippen LogP contribution in [0.5, 0.6) is 0 Å². The lowest BCUT2D eigenvalue weighted by Gasteiger charge is -2.15. The number of hydrogen-bond donors (Lipinski definition) is 1. The number of rotatable bonds is 4. The van der Waals surface area contributed by atoms with Gasteiger partial charge in [-0.2, -0.15) is 4.39 Å². The van der Waals surface area contributed by atoms with Crippen molar-refractivity contribution in [3.05, 3.63) is 39.6 Å². The van der Waals surface area contributed by atoms with Crippen LogP contribution in [0.4, 0.5) is 15.8 Å². The molecule has 146 valence electrons. The molecule has 0 aliphatic carbocycles. The van der Waals surface area contributed by atoms with E-state index in [1.165, 1.54) is 38.7 Å². The number of carbonyl (C=O) groups excluding carboxylic acids is 1. The Bertz CT molecular complexity index is 783. The average molecular weight is 448 g/mol. The van der Waals surface area contributed by atoms with Gasteiger partial charge in [-0.15, -0.1) is 11.3 Å². The van der Waals surface area contributed by atoms with Crippen molar-refractivity contribution in [2.24, 2.45) is 0 Å². The lowest BCUT2D eigenvalue weighted by molar-refractivity contribution is -0.377. The summed E-state index contributed by atoms with van der Waals surface area (Å²) in [5, 5.41) is 2.00. The molecule has 0 spiro atoms. The molecule has 5 nitrogen and oxygen atoms in total. The Morgan fingerprint density at radius 2 is 2.07 bits per heavy atom. The third-order valence-electron chi connectivity index (χ3n) is 3.81. The van der Waals surface area contributed by atoms with Crippen molar-refractivity contribution in [3.8, 4) is 0 Å². The number of thiocarbonyl (C=S) groups is 1. The maximum atomic E-state index is 13.4. The van der Waals surface area contributed by atoms with Crippen molar-refractivity contribution in [1.29, 1.82) is 0 Å². The number of ether oxygens (including phenoxy) is 1. The molecule has 2 aromatic rings. The second-order valence-electron chi connectivity index (χ2n) is 5.61. The van der Waals surface area contributed by atoms with E-state index in [0.717, 1.165) is 11.3 Å². The molecule has 1 aliphatic rings. The summed E-state index contributed by atoms with van der Waals surface area (Å²) in [7, 11) is 1.25. The SMILES string of the molecule is COC(=O)Cc1sc(F)c(NC(=S)[S-])c1Cl.c1cc(N2CCCC2)cc[nH+]1. The fraction of sp³-hybridized carbons (Fsp3) is 0.353. The largest absolute Gasteiger partial charge is 0.469 e. The lowest BCUT2D eigenvalue weighted by Crippen LogP contribution is -2.18. The third-order valence-corrected chi connectivity index (χ3v) is 5.52. The topological polar surface area (TPSA) is 55.7 Å². The molecule has 1 fully saturated rings. The summed E-state index contributed by atoms with van der Waals surface area (Å²) in [5.74, 6) is -0.490. The van der Waals surface area contributed by atoms with Crippen molar-refractivity contribution in [1.82, 2.24) is 0 Å². The number of halogens is 2. The standard InChI is InChI=1S/C9H12N2.C8H7ClFNO2S3/c1-2-8-11(7-1)9-3-5-10-6-4-9;1-13-4(12)2-3-5(9)6(7(10)16-3)11-8(14)15/h3-6H,1-2,7-8H2;2H2,1H3,(H2,11,14,15). The van der Waals surface area contributed by atoms with Gasteiger partial charge in [0.1, 0.15) is 5.69 Å². The second kappa shape index (κ2) is 10.7. The molecule has 0 saturated carbocycles. The van der Waals surface area contributed by atoms with Crippen molar-refractivity contribution in [2.75, 3.05) is 30.4 Å². The van der Waals surface area contributed by atoms with Gasteiger partial charge in [-0.3, -0.25) is 4.79 Å². The molecule has 1 aliphatic heterocycles. The monoisotopic (exact) mass is 447 g/mol. The number of nitrogens with zero attached hydrogens (tertiary/aromatic N) is 1. The van der Waals surface area contributed by atoms with Crippen molar-refractivity contribution in [2.45, 2.75) is 19.3 Å². The van der Waals surface area contributed by atoms with Gasteiger partial charge in [0, 0.05) is 35.8 Å². The van der Waals surface area contributed by atoms with E-state index in [1.807, 2.05) is 12.4 Å². The molecule has 10 heteroatoms. The fourth-order valence-corrected chi connectivity index (χ4v) is 3.94. The maximum absolute atomic E-state index is 13.4. The quantitative estimate of drug-likeness (QED) is 0.439. The summed E-state index contributed by atoms with van der Waals surface area (Å²) in [4.78, 5) is 16.8. The molecule has 1 saturated heterocycles. The van der Waals surface area contributed by atoms with E-state index < -0.39 is 11.1 Å². The number of nitrogens with one attached hydrogen (secondary N) is 2. The highest BCUT2D eigenvalue weighted by Gasteiger charge is 2.18. The first-order chi connectivity index (χ1) is 12.9. The number of hydrogen-bond acceptors (Lipinski definition) is 6. The van der Waals surface area contributed by atoms with Crippen LogP contribution in [0.3, 0.4) is 0 Å². The fourth-order valence-electron chi connectivity index (χ4n) is 2.52. The molecule has 0 amide bonds. The van der Waals surface area contributed by atoms with Crippen LogP contribution in [0.1, 0.15) is 17.7 Å². The maximum Gasteiger partial charge on any atom is 0.310 e. The molecule has 3 heterocycles. The number of methoxy groups -OCH3 is 1. The number of H-pyrrole nitrogens is 1. The smallest absolute Gasteiger partial charge is 0.310 e. The summed E-state index contributed by atoms with van der Waals surface area (Å²) in [6.45, 7) is 2.45. The molecule has 0 unspecified atom stereocenters. The van der Waals surface area contributed by atoms with E-state index in [-0.39, 0.29) is 21.5 Å². The van der Waals surface area contributed by atoms with E-state index in [2.05, 4.69) is 56.9 Å². The van der Waals surface area contributed by atoms with Crippen LogP contribution < -0.4 is 15.2 Å². The van der Waals surface area contributed by atoms with Crippen molar-refractivity contribution in [3.63, 3.8) is 0 Å². The van der Waals surface area contributed by atoms with Gasteiger partial charge in [-0.25, -0.2) is 4.98 Å². The molecule has 2 aromatic heterocycles. The highest BCUT2D eigenvalue weighted by Crippen LogP contribution is 2.36. The molecular formula is C17H19ClFN3O2S3. The van der Waals surface area contributed by atoms with Gasteiger partial charge in [0.2, 0.25) is 5.13 Å². The van der Waals surface area contributed by atoms with Crippen molar-refractivity contribution < 1.29 is 18.9 Å². The summed E-state index contributed by atoms with van der Waals surface area (Å²) in [6, 6.07) is 4.26. The number of anilines is 2. The van der Waals surface area contributed by atoms with Crippen LogP contribution in [-0.4, -0.2) is 30.5 Å². The molecular weight excluding hydrogens is 429 g/mol. The summed E-state index contributed by atoms with van der Waals surface area (Å²) in [5.41, 5.74) is 1.37. The van der Waals surface area contributed by atoms with E-state index in [1.54, 1.807) is 0 Å². The van der Waals surface area contributed by atoms with E-state index in [4.69, 9.17) is 11.6 Å². The van der Waals surface area contributed by atoms with Gasteiger partial charge >= 0.3 is 5.97 Å². The zero-order chi connectivity index (χ0) is 19.8. The highest BCUT2D eigenvalue weighted by atomic mass is 35.5. The van der Waals surface area contributed by atoms with Crippen LogP contribution in [0, 0.1) is 5.13 Å². The highest BCUT2D eigenvalue weighted by molar-refractivity contribution is 8.00. The molecule has 0 bridgehead atoms. The van der Waals surface area contributed by atoms with Gasteiger partial charge in [0.15, 0.2) is 12.4 Å². The summed E-state index contributed by atoms with van der Waals surface area (Å²) in [6.07, 6.45) is 6.57. The molecule has 0 radical (unpaired) electrons. The number of thiophene rings is 1. The van der Waals surface area contributed by atoms with Crippen molar-refractivity contribution >= 4 is 69.4 Å². The minimum Gasteiger partial charge on any atom is -0.469 e. The van der Waals surface area contributed by atoms with Gasteiger partial charge in [0.25, 0.3) is 0 Å². The molecule has 0 atom stereocenters.